The van der Waals surface area contributed by atoms with Crippen LogP contribution in [0, 0.1) is 0 Å². The molecule has 1 rings (SSSR count). The Kier molecular flexibility index (Phi) is 10.8. The van der Waals surface area contributed by atoms with Crippen LogP contribution in [0.3, 0.4) is 0 Å². The van der Waals surface area contributed by atoms with E-state index >= 15 is 0 Å². The van der Waals surface area contributed by atoms with Crippen molar-refractivity contribution < 1.29 is 33.1 Å². The average molecular weight is 323 g/mol. The molecule has 0 aromatic heterocycles. The molecule has 0 bridgehead atoms. The second kappa shape index (κ2) is 11.5. The van der Waals surface area contributed by atoms with Crippen molar-refractivity contribution in [3.63, 3.8) is 0 Å². The number of carboxylic acids is 1. The van der Waals surface area contributed by atoms with Crippen molar-refractivity contribution in [1.29, 1.82) is 0 Å². The topological polar surface area (TPSA) is 133 Å². The molecule has 4 N–H and O–H groups in total. The van der Waals surface area contributed by atoms with E-state index in [0.29, 0.717) is 6.54 Å². The zero-order valence-corrected chi connectivity index (χ0v) is 12.2. The summed E-state index contributed by atoms with van der Waals surface area (Å²) >= 11 is 0. The number of carbonyl (C=O) groups is 1. The Morgan fingerprint density at radius 2 is 1.70 bits per heavy atom. The van der Waals surface area contributed by atoms with Crippen LogP contribution in [0.25, 0.3) is 0 Å². The lowest BCUT2D eigenvalue weighted by molar-refractivity contribution is -0.136. The van der Waals surface area contributed by atoms with E-state index in [1.54, 1.807) is 0 Å². The van der Waals surface area contributed by atoms with Gasteiger partial charge >= 0.3 is 22.5 Å². The molecule has 0 fully saturated rings. The van der Waals surface area contributed by atoms with E-state index in [2.05, 4.69) is 9.63 Å². The predicted octanol–water partition coefficient (Wildman–Crippen LogP) is 1.55. The second-order valence-electron chi connectivity index (χ2n) is 3.36. The van der Waals surface area contributed by atoms with Crippen LogP contribution >= 0.6 is 16.5 Å². The van der Waals surface area contributed by atoms with Gasteiger partial charge in [-0.2, -0.15) is 0 Å². The Bertz CT molecular complexity index is 428. The third-order valence-electron chi connectivity index (χ3n) is 1.83. The van der Waals surface area contributed by atoms with Crippen molar-refractivity contribution in [1.82, 2.24) is 5.32 Å². The Morgan fingerprint density at radius 3 is 2.10 bits per heavy atom. The molecule has 0 saturated heterocycles. The van der Waals surface area contributed by atoms with Crippen LogP contribution in [0.2, 0.25) is 0 Å². The fourth-order valence-corrected chi connectivity index (χ4v) is 1.56. The van der Waals surface area contributed by atoms with Crippen molar-refractivity contribution in [3.8, 4) is 0 Å². The van der Waals surface area contributed by atoms with Crippen LogP contribution in [-0.4, -0.2) is 27.4 Å². The molecule has 0 aliphatic carbocycles. The maximum Gasteiger partial charge on any atom is 0.745 e. The summed E-state index contributed by atoms with van der Waals surface area (Å²) in [5, 5.41) is 11.4. The molecule has 0 aliphatic rings. The first-order chi connectivity index (χ1) is 9.41. The van der Waals surface area contributed by atoms with Crippen LogP contribution in [0.15, 0.2) is 30.3 Å². The minimum atomic E-state index is -2.92. The van der Waals surface area contributed by atoms with Gasteiger partial charge < -0.3 is 10.4 Å². The van der Waals surface area contributed by atoms with Gasteiger partial charge in [0.1, 0.15) is 0 Å². The van der Waals surface area contributed by atoms with Crippen molar-refractivity contribution in [2.24, 2.45) is 0 Å². The van der Waals surface area contributed by atoms with Crippen molar-refractivity contribution in [3.05, 3.63) is 35.9 Å². The SMILES string of the molecule is O=C(O)CCNCc1ccccc1.O=[P+](O)O[P+](=O)O. The van der Waals surface area contributed by atoms with E-state index < -0.39 is 22.5 Å². The van der Waals surface area contributed by atoms with Gasteiger partial charge in [-0.25, -0.2) is 0 Å². The molecule has 0 saturated carbocycles. The number of aliphatic carboxylic acids is 1. The maximum atomic E-state index is 10.2. The zero-order chi connectivity index (χ0) is 15.4. The fourth-order valence-electron chi connectivity index (χ4n) is 1.08. The van der Waals surface area contributed by atoms with Gasteiger partial charge in [0.15, 0.2) is 4.31 Å². The standard InChI is InChI=1S/C10H13NO2.O5P2/c12-10(13)6-7-11-8-9-4-2-1-3-5-9;1-6(2)5-7(3)4/h1-5,11H,6-8H2,(H,12,13);/p+2. The summed E-state index contributed by atoms with van der Waals surface area (Å²) in [6.45, 7) is 1.25. The van der Waals surface area contributed by atoms with Gasteiger partial charge in [0.05, 0.1) is 6.42 Å². The second-order valence-corrected chi connectivity index (χ2v) is 4.97. The largest absolute Gasteiger partial charge is 0.745 e. The van der Waals surface area contributed by atoms with Gasteiger partial charge in [0.25, 0.3) is 0 Å². The molecular weight excluding hydrogens is 308 g/mol. The van der Waals surface area contributed by atoms with E-state index in [1.165, 1.54) is 5.56 Å². The third kappa shape index (κ3) is 13.2. The number of hydrogen-bond donors (Lipinski definition) is 4. The smallest absolute Gasteiger partial charge is 0.481 e. The minimum Gasteiger partial charge on any atom is -0.481 e. The molecule has 2 atom stereocenters. The molecule has 0 spiro atoms. The van der Waals surface area contributed by atoms with Gasteiger partial charge in [-0.15, -0.1) is 9.79 Å². The summed E-state index contributed by atoms with van der Waals surface area (Å²) in [6.07, 6.45) is 0.173. The number of carboxylic acid groups (broad SMARTS) is 1. The molecule has 10 heteroatoms. The van der Waals surface area contributed by atoms with Gasteiger partial charge in [-0.1, -0.05) is 30.3 Å². The minimum absolute atomic E-state index is 0.173. The molecule has 8 nitrogen and oxygen atoms in total. The van der Waals surface area contributed by atoms with E-state index in [-0.39, 0.29) is 6.42 Å². The summed E-state index contributed by atoms with van der Waals surface area (Å²) in [5.74, 6) is -0.763. The lowest BCUT2D eigenvalue weighted by atomic mass is 10.2. The molecular formula is C10H15NO7P2+2. The lowest BCUT2D eigenvalue weighted by Crippen LogP contribution is -2.17. The van der Waals surface area contributed by atoms with Gasteiger partial charge in [0, 0.05) is 22.2 Å². The number of rotatable bonds is 7. The lowest BCUT2D eigenvalue weighted by Gasteiger charge is -2.01. The first-order valence-corrected chi connectivity index (χ1v) is 7.64. The highest BCUT2D eigenvalue weighted by molar-refractivity contribution is 7.46. The van der Waals surface area contributed by atoms with Crippen LogP contribution in [0.4, 0.5) is 0 Å². The van der Waals surface area contributed by atoms with Crippen LogP contribution in [0.5, 0.6) is 0 Å². The summed E-state index contributed by atoms with van der Waals surface area (Å²) < 4.78 is 22.2. The quantitative estimate of drug-likeness (QED) is 0.439. The monoisotopic (exact) mass is 323 g/mol. The number of nitrogens with one attached hydrogen (secondary N) is 1. The van der Waals surface area contributed by atoms with Crippen LogP contribution in [0.1, 0.15) is 12.0 Å². The normalized spacial score (nSPS) is 11.1. The summed E-state index contributed by atoms with van der Waals surface area (Å²) in [6, 6.07) is 9.91. The number of benzene rings is 1. The van der Waals surface area contributed by atoms with Gasteiger partial charge in [-0.05, 0) is 5.56 Å². The highest BCUT2D eigenvalue weighted by Gasteiger charge is 2.31. The molecule has 110 valence electrons. The molecule has 1 aromatic rings. The summed E-state index contributed by atoms with van der Waals surface area (Å²) in [5.41, 5.74) is 1.17. The Hall–Kier alpha value is -1.27. The first kappa shape index (κ1) is 18.7. The molecule has 0 heterocycles. The van der Waals surface area contributed by atoms with Crippen molar-refractivity contribution >= 4 is 22.5 Å². The Morgan fingerprint density at radius 1 is 1.15 bits per heavy atom. The summed E-state index contributed by atoms with van der Waals surface area (Å²) in [4.78, 5) is 25.5. The number of hydrogen-bond acceptors (Lipinski definition) is 5. The van der Waals surface area contributed by atoms with E-state index in [9.17, 15) is 13.9 Å². The maximum absolute atomic E-state index is 10.2. The fraction of sp³-hybridized carbons (Fsp3) is 0.300. The van der Waals surface area contributed by atoms with E-state index in [4.69, 9.17) is 14.9 Å². The van der Waals surface area contributed by atoms with E-state index in [1.807, 2.05) is 30.3 Å². The van der Waals surface area contributed by atoms with Gasteiger partial charge in [0.2, 0.25) is 0 Å². The highest BCUT2D eigenvalue weighted by atomic mass is 31.2. The molecule has 0 radical (unpaired) electrons. The highest BCUT2D eigenvalue weighted by Crippen LogP contribution is 2.30. The first-order valence-electron chi connectivity index (χ1n) is 5.38. The molecule has 1 aromatic carbocycles. The molecule has 2 unspecified atom stereocenters. The zero-order valence-electron chi connectivity index (χ0n) is 10.4. The third-order valence-corrected chi connectivity index (χ3v) is 2.94. The predicted molar refractivity (Wildman–Crippen MR) is 71.1 cm³/mol. The van der Waals surface area contributed by atoms with Crippen molar-refractivity contribution in [2.75, 3.05) is 6.54 Å². The molecule has 0 amide bonds. The van der Waals surface area contributed by atoms with Crippen LogP contribution in [-0.2, 0) is 24.8 Å². The van der Waals surface area contributed by atoms with E-state index in [0.717, 1.165) is 6.54 Å². The Balaban J connectivity index is 0.000000441. The average Bonchev–Trinajstić information content (AvgIpc) is 2.35. The van der Waals surface area contributed by atoms with Gasteiger partial charge in [-0.3, -0.25) is 4.79 Å². The van der Waals surface area contributed by atoms with Crippen molar-refractivity contribution in [2.45, 2.75) is 13.0 Å². The Labute approximate surface area is 117 Å². The molecule has 0 aliphatic heterocycles. The van der Waals surface area contributed by atoms with Crippen LogP contribution < -0.4 is 5.32 Å². The molecule has 20 heavy (non-hydrogen) atoms. The summed E-state index contributed by atoms with van der Waals surface area (Å²) in [7, 11) is -5.85.